The van der Waals surface area contributed by atoms with Crippen LogP contribution in [0.4, 0.5) is 0 Å². The fourth-order valence-electron chi connectivity index (χ4n) is 2.99. The zero-order valence-corrected chi connectivity index (χ0v) is 14.0. The number of likely N-dealkylation sites (tertiary alicyclic amines) is 1. The SMILES string of the molecule is Cn1cc([C@@H]2CCCN2C(=O)c2cccc(S(C)(=O)=O)c2)cn1. The van der Waals surface area contributed by atoms with Gasteiger partial charge in [-0.3, -0.25) is 9.48 Å². The quantitative estimate of drug-likeness (QED) is 0.858. The van der Waals surface area contributed by atoms with Crippen LogP contribution in [0.5, 0.6) is 0 Å². The van der Waals surface area contributed by atoms with Gasteiger partial charge in [0.05, 0.1) is 17.1 Å². The first-order chi connectivity index (χ1) is 10.9. The number of sulfone groups is 1. The van der Waals surface area contributed by atoms with Crippen molar-refractivity contribution in [3.05, 3.63) is 47.8 Å². The van der Waals surface area contributed by atoms with Crippen molar-refractivity contribution < 1.29 is 13.2 Å². The van der Waals surface area contributed by atoms with Crippen molar-refractivity contribution in [1.29, 1.82) is 0 Å². The van der Waals surface area contributed by atoms with Crippen LogP contribution in [0.15, 0.2) is 41.6 Å². The third kappa shape index (κ3) is 3.14. The molecule has 3 rings (SSSR count). The minimum Gasteiger partial charge on any atom is -0.331 e. The average Bonchev–Trinajstić information content (AvgIpc) is 3.14. The minimum atomic E-state index is -3.33. The highest BCUT2D eigenvalue weighted by Crippen LogP contribution is 2.33. The summed E-state index contributed by atoms with van der Waals surface area (Å²) >= 11 is 0. The van der Waals surface area contributed by atoms with Crippen LogP contribution >= 0.6 is 0 Å². The largest absolute Gasteiger partial charge is 0.331 e. The van der Waals surface area contributed by atoms with Crippen LogP contribution < -0.4 is 0 Å². The van der Waals surface area contributed by atoms with Gasteiger partial charge in [0.25, 0.3) is 5.91 Å². The number of rotatable bonds is 3. The summed E-state index contributed by atoms with van der Waals surface area (Å²) in [4.78, 5) is 14.8. The molecule has 0 unspecified atom stereocenters. The van der Waals surface area contributed by atoms with Crippen molar-refractivity contribution in [2.75, 3.05) is 12.8 Å². The highest BCUT2D eigenvalue weighted by Gasteiger charge is 2.31. The lowest BCUT2D eigenvalue weighted by molar-refractivity contribution is 0.0735. The first-order valence-electron chi connectivity index (χ1n) is 7.46. The molecular weight excluding hydrogens is 314 g/mol. The molecule has 23 heavy (non-hydrogen) atoms. The number of amides is 1. The van der Waals surface area contributed by atoms with Gasteiger partial charge in [-0.15, -0.1) is 0 Å². The van der Waals surface area contributed by atoms with E-state index in [9.17, 15) is 13.2 Å². The summed E-state index contributed by atoms with van der Waals surface area (Å²) in [6.07, 6.45) is 6.66. The Labute approximate surface area is 135 Å². The number of carbonyl (C=O) groups excluding carboxylic acids is 1. The minimum absolute atomic E-state index is 0.00177. The Morgan fingerprint density at radius 1 is 1.35 bits per heavy atom. The summed E-state index contributed by atoms with van der Waals surface area (Å²) in [5.41, 5.74) is 1.42. The van der Waals surface area contributed by atoms with Gasteiger partial charge in [0, 0.05) is 37.2 Å². The van der Waals surface area contributed by atoms with E-state index in [0.29, 0.717) is 12.1 Å². The Morgan fingerprint density at radius 2 is 2.13 bits per heavy atom. The fourth-order valence-corrected chi connectivity index (χ4v) is 3.66. The zero-order chi connectivity index (χ0) is 16.6. The molecule has 0 bridgehead atoms. The molecule has 6 nitrogen and oxygen atoms in total. The van der Waals surface area contributed by atoms with Gasteiger partial charge in [-0.25, -0.2) is 8.42 Å². The third-order valence-corrected chi connectivity index (χ3v) is 5.24. The lowest BCUT2D eigenvalue weighted by atomic mass is 10.1. The molecular formula is C16H19N3O3S. The van der Waals surface area contributed by atoms with Gasteiger partial charge >= 0.3 is 0 Å². The Balaban J connectivity index is 1.90. The first-order valence-corrected chi connectivity index (χ1v) is 9.35. The van der Waals surface area contributed by atoms with Crippen molar-refractivity contribution in [1.82, 2.24) is 14.7 Å². The van der Waals surface area contributed by atoms with E-state index < -0.39 is 9.84 Å². The van der Waals surface area contributed by atoms with E-state index in [1.165, 1.54) is 12.1 Å². The molecule has 0 radical (unpaired) electrons. The molecule has 0 aliphatic carbocycles. The first kappa shape index (κ1) is 15.7. The van der Waals surface area contributed by atoms with Crippen LogP contribution in [-0.2, 0) is 16.9 Å². The number of carbonyl (C=O) groups is 1. The molecule has 1 aliphatic heterocycles. The molecule has 1 aromatic carbocycles. The van der Waals surface area contributed by atoms with Gasteiger partial charge in [-0.05, 0) is 31.0 Å². The van der Waals surface area contributed by atoms with Crippen LogP contribution in [-0.4, -0.2) is 41.8 Å². The molecule has 1 atom stereocenters. The van der Waals surface area contributed by atoms with Crippen molar-refractivity contribution >= 4 is 15.7 Å². The summed E-state index contributed by atoms with van der Waals surface area (Å²) in [6, 6.07) is 6.23. The van der Waals surface area contributed by atoms with Crippen molar-refractivity contribution in [2.24, 2.45) is 7.05 Å². The second kappa shape index (κ2) is 5.81. The van der Waals surface area contributed by atoms with E-state index >= 15 is 0 Å². The normalized spacial score (nSPS) is 18.3. The Hall–Kier alpha value is -2.15. The van der Waals surface area contributed by atoms with E-state index in [-0.39, 0.29) is 16.8 Å². The smallest absolute Gasteiger partial charge is 0.254 e. The Bertz CT molecular complexity index is 842. The predicted octanol–water partition coefficient (Wildman–Crippen LogP) is 1.80. The molecule has 1 aliphatic rings. The van der Waals surface area contributed by atoms with Crippen LogP contribution in [0.3, 0.4) is 0 Å². The van der Waals surface area contributed by atoms with Crippen LogP contribution in [0.25, 0.3) is 0 Å². The zero-order valence-electron chi connectivity index (χ0n) is 13.1. The molecule has 122 valence electrons. The molecule has 0 N–H and O–H groups in total. The van der Waals surface area contributed by atoms with Gasteiger partial charge in [0.15, 0.2) is 9.84 Å². The van der Waals surface area contributed by atoms with E-state index in [4.69, 9.17) is 0 Å². The number of hydrogen-bond acceptors (Lipinski definition) is 4. The van der Waals surface area contributed by atoms with Crippen molar-refractivity contribution in [3.63, 3.8) is 0 Å². The maximum Gasteiger partial charge on any atom is 0.254 e. The lowest BCUT2D eigenvalue weighted by Crippen LogP contribution is -2.30. The molecule has 2 aromatic rings. The maximum atomic E-state index is 12.8. The molecule has 1 amide bonds. The number of benzene rings is 1. The van der Waals surface area contributed by atoms with E-state index in [2.05, 4.69) is 5.10 Å². The molecule has 1 aromatic heterocycles. The molecule has 7 heteroatoms. The topological polar surface area (TPSA) is 72.3 Å². The van der Waals surface area contributed by atoms with Crippen LogP contribution in [0.1, 0.15) is 34.8 Å². The van der Waals surface area contributed by atoms with Crippen LogP contribution in [0.2, 0.25) is 0 Å². The van der Waals surface area contributed by atoms with Crippen molar-refractivity contribution in [3.8, 4) is 0 Å². The monoisotopic (exact) mass is 333 g/mol. The van der Waals surface area contributed by atoms with Crippen LogP contribution in [0, 0.1) is 0 Å². The summed E-state index contributed by atoms with van der Waals surface area (Å²) in [5, 5.41) is 4.17. The highest BCUT2D eigenvalue weighted by atomic mass is 32.2. The fraction of sp³-hybridized carbons (Fsp3) is 0.375. The maximum absolute atomic E-state index is 12.8. The molecule has 1 fully saturated rings. The lowest BCUT2D eigenvalue weighted by Gasteiger charge is -2.24. The summed E-state index contributed by atoms with van der Waals surface area (Å²) in [7, 11) is -1.48. The highest BCUT2D eigenvalue weighted by molar-refractivity contribution is 7.90. The van der Waals surface area contributed by atoms with Gasteiger partial charge in [0.2, 0.25) is 0 Å². The molecule has 2 heterocycles. The molecule has 0 saturated carbocycles. The van der Waals surface area contributed by atoms with Gasteiger partial charge in [0.1, 0.15) is 0 Å². The van der Waals surface area contributed by atoms with Gasteiger partial charge < -0.3 is 4.90 Å². The Kier molecular flexibility index (Phi) is 3.97. The number of nitrogens with zero attached hydrogens (tertiary/aromatic N) is 3. The van der Waals surface area contributed by atoms with E-state index in [1.807, 2.05) is 13.2 Å². The van der Waals surface area contributed by atoms with Gasteiger partial charge in [-0.1, -0.05) is 6.07 Å². The third-order valence-electron chi connectivity index (χ3n) is 4.13. The molecule has 0 spiro atoms. The van der Waals surface area contributed by atoms with Crippen molar-refractivity contribution in [2.45, 2.75) is 23.8 Å². The summed E-state index contributed by atoms with van der Waals surface area (Å²) in [5.74, 6) is -0.137. The summed E-state index contributed by atoms with van der Waals surface area (Å²) in [6.45, 7) is 0.668. The number of aromatic nitrogens is 2. The molecule has 1 saturated heterocycles. The average molecular weight is 333 g/mol. The standard InChI is InChI=1S/C16H19N3O3S/c1-18-11-13(10-17-18)15-7-4-8-19(15)16(20)12-5-3-6-14(9-12)23(2,21)22/h3,5-6,9-11,15H,4,7-8H2,1-2H3/t15-/m0/s1. The number of hydrogen-bond donors (Lipinski definition) is 0. The van der Waals surface area contributed by atoms with E-state index in [1.54, 1.807) is 27.9 Å². The second-order valence-electron chi connectivity index (χ2n) is 5.90. The predicted molar refractivity (Wildman–Crippen MR) is 85.8 cm³/mol. The second-order valence-corrected chi connectivity index (χ2v) is 7.92. The Morgan fingerprint density at radius 3 is 2.78 bits per heavy atom. The van der Waals surface area contributed by atoms with E-state index in [0.717, 1.165) is 24.7 Å². The van der Waals surface area contributed by atoms with Gasteiger partial charge in [-0.2, -0.15) is 5.10 Å². The summed E-state index contributed by atoms with van der Waals surface area (Å²) < 4.78 is 25.1. The number of aryl methyl sites for hydroxylation is 1.